The number of hydrogen-bond donors (Lipinski definition) is 2. The van der Waals surface area contributed by atoms with Crippen molar-refractivity contribution >= 4 is 5.84 Å². The van der Waals surface area contributed by atoms with Gasteiger partial charge in [-0.2, -0.15) is 0 Å². The lowest BCUT2D eigenvalue weighted by Crippen LogP contribution is -2.38. The summed E-state index contributed by atoms with van der Waals surface area (Å²) in [6.45, 7) is 7.61. The fourth-order valence-corrected chi connectivity index (χ4v) is 2.83. The van der Waals surface area contributed by atoms with Gasteiger partial charge in [0.25, 0.3) is 0 Å². The topological polar surface area (TPSA) is 71.1 Å². The second-order valence-corrected chi connectivity index (χ2v) is 5.65. The Bertz CT molecular complexity index is 490. The molecule has 2 rings (SSSR count). The Balaban J connectivity index is 2.03. The number of ether oxygens (including phenoxy) is 1. The summed E-state index contributed by atoms with van der Waals surface area (Å²) >= 11 is 0. The van der Waals surface area contributed by atoms with Gasteiger partial charge in [0.2, 0.25) is 0 Å². The Morgan fingerprint density at radius 2 is 2.29 bits per heavy atom. The third-order valence-corrected chi connectivity index (χ3v) is 4.16. The van der Waals surface area contributed by atoms with Gasteiger partial charge in [0.05, 0.1) is 6.61 Å². The smallest absolute Gasteiger partial charge is 0.143 e. The lowest BCUT2D eigenvalue weighted by molar-refractivity contribution is 0.208. The van der Waals surface area contributed by atoms with Crippen LogP contribution in [0.2, 0.25) is 0 Å². The third kappa shape index (κ3) is 3.88. The highest BCUT2D eigenvalue weighted by atomic mass is 16.5. The molecule has 3 N–H and O–H groups in total. The fraction of sp³-hybridized carbons (Fsp3) is 0.562. The highest BCUT2D eigenvalue weighted by Gasteiger charge is 2.24. The molecule has 1 aromatic rings. The van der Waals surface area contributed by atoms with Crippen LogP contribution in [0.25, 0.3) is 0 Å². The largest absolute Gasteiger partial charge is 0.493 e. The van der Waals surface area contributed by atoms with E-state index in [0.717, 1.165) is 38.4 Å². The predicted octanol–water partition coefficient (Wildman–Crippen LogP) is 2.26. The number of nitrogens with two attached hydrogens (primary N) is 1. The fourth-order valence-electron chi connectivity index (χ4n) is 2.83. The van der Waals surface area contributed by atoms with Crippen LogP contribution in [0.4, 0.5) is 0 Å². The molecule has 1 heterocycles. The second kappa shape index (κ2) is 7.31. The number of amidine groups is 1. The Labute approximate surface area is 126 Å². The van der Waals surface area contributed by atoms with E-state index in [4.69, 9.17) is 15.7 Å². The van der Waals surface area contributed by atoms with E-state index in [9.17, 15) is 0 Å². The maximum absolute atomic E-state index is 8.77. The molecular formula is C16H25N3O2. The molecule has 0 fully saturated rings. The number of nitrogens with zero attached hydrogens (tertiary/aromatic N) is 2. The van der Waals surface area contributed by atoms with Crippen LogP contribution in [0, 0.1) is 5.92 Å². The lowest BCUT2D eigenvalue weighted by atomic mass is 9.92. The van der Waals surface area contributed by atoms with Gasteiger partial charge in [-0.25, -0.2) is 0 Å². The van der Waals surface area contributed by atoms with Crippen LogP contribution in [-0.2, 0) is 0 Å². The average Bonchev–Trinajstić information content (AvgIpc) is 2.53. The predicted molar refractivity (Wildman–Crippen MR) is 84.0 cm³/mol. The average molecular weight is 291 g/mol. The molecule has 0 aliphatic carbocycles. The first-order valence-electron chi connectivity index (χ1n) is 7.57. The Hall–Kier alpha value is -1.75. The SMILES string of the molecule is CCN(CC(C)/C(N)=N/O)CC1CCOc2ccccc21. The third-order valence-electron chi connectivity index (χ3n) is 4.16. The molecule has 2 unspecified atom stereocenters. The van der Waals surface area contributed by atoms with Gasteiger partial charge in [-0.15, -0.1) is 0 Å². The molecule has 0 aromatic heterocycles. The molecule has 0 bridgehead atoms. The van der Waals surface area contributed by atoms with Crippen LogP contribution in [0.3, 0.4) is 0 Å². The van der Waals surface area contributed by atoms with Crippen molar-refractivity contribution in [2.45, 2.75) is 26.2 Å². The summed E-state index contributed by atoms with van der Waals surface area (Å²) in [6, 6.07) is 8.27. The van der Waals surface area contributed by atoms with E-state index in [-0.39, 0.29) is 5.92 Å². The number of para-hydroxylation sites is 1. The minimum Gasteiger partial charge on any atom is -0.493 e. The molecule has 1 aromatic carbocycles. The summed E-state index contributed by atoms with van der Waals surface area (Å²) in [4.78, 5) is 2.36. The van der Waals surface area contributed by atoms with Gasteiger partial charge < -0.3 is 20.6 Å². The van der Waals surface area contributed by atoms with Crippen molar-refractivity contribution in [3.63, 3.8) is 0 Å². The van der Waals surface area contributed by atoms with Gasteiger partial charge in [-0.1, -0.05) is 37.2 Å². The van der Waals surface area contributed by atoms with E-state index in [1.165, 1.54) is 5.56 Å². The zero-order chi connectivity index (χ0) is 15.2. The van der Waals surface area contributed by atoms with Gasteiger partial charge >= 0.3 is 0 Å². The van der Waals surface area contributed by atoms with E-state index in [1.807, 2.05) is 19.1 Å². The van der Waals surface area contributed by atoms with Crippen LogP contribution in [0.15, 0.2) is 29.4 Å². The molecule has 5 nitrogen and oxygen atoms in total. The van der Waals surface area contributed by atoms with Crippen LogP contribution in [-0.4, -0.2) is 42.2 Å². The molecule has 0 saturated heterocycles. The first kappa shape index (κ1) is 15.6. The van der Waals surface area contributed by atoms with Gasteiger partial charge in [-0.3, -0.25) is 0 Å². The van der Waals surface area contributed by atoms with Gasteiger partial charge in [0.1, 0.15) is 11.6 Å². The van der Waals surface area contributed by atoms with Gasteiger partial charge in [0.15, 0.2) is 0 Å². The normalized spacial score (nSPS) is 20.0. The van der Waals surface area contributed by atoms with Gasteiger partial charge in [0, 0.05) is 24.9 Å². The first-order chi connectivity index (χ1) is 10.2. The molecule has 5 heteroatoms. The molecule has 0 spiro atoms. The molecule has 0 saturated carbocycles. The zero-order valence-electron chi connectivity index (χ0n) is 12.8. The van der Waals surface area contributed by atoms with E-state index < -0.39 is 0 Å². The Kier molecular flexibility index (Phi) is 5.44. The number of oxime groups is 1. The maximum Gasteiger partial charge on any atom is 0.143 e. The summed E-state index contributed by atoms with van der Waals surface area (Å²) in [5.41, 5.74) is 6.97. The summed E-state index contributed by atoms with van der Waals surface area (Å²) in [6.07, 6.45) is 1.03. The number of benzene rings is 1. The minimum atomic E-state index is 0.0463. The van der Waals surface area contributed by atoms with E-state index in [0.29, 0.717) is 11.8 Å². The van der Waals surface area contributed by atoms with Crippen molar-refractivity contribution in [2.75, 3.05) is 26.2 Å². The van der Waals surface area contributed by atoms with Crippen LogP contribution >= 0.6 is 0 Å². The molecular weight excluding hydrogens is 266 g/mol. The quantitative estimate of drug-likeness (QED) is 0.365. The molecule has 21 heavy (non-hydrogen) atoms. The minimum absolute atomic E-state index is 0.0463. The summed E-state index contributed by atoms with van der Waals surface area (Å²) in [5.74, 6) is 1.83. The number of fused-ring (bicyclic) bond motifs is 1. The summed E-state index contributed by atoms with van der Waals surface area (Å²) in [7, 11) is 0. The van der Waals surface area contributed by atoms with Crippen LogP contribution < -0.4 is 10.5 Å². The van der Waals surface area contributed by atoms with Crippen LogP contribution in [0.5, 0.6) is 5.75 Å². The summed E-state index contributed by atoms with van der Waals surface area (Å²) in [5, 5.41) is 11.9. The monoisotopic (exact) mass is 291 g/mol. The highest BCUT2D eigenvalue weighted by Crippen LogP contribution is 2.33. The van der Waals surface area contributed by atoms with Crippen LogP contribution in [0.1, 0.15) is 31.7 Å². The van der Waals surface area contributed by atoms with Crippen molar-refractivity contribution < 1.29 is 9.94 Å². The second-order valence-electron chi connectivity index (χ2n) is 5.65. The van der Waals surface area contributed by atoms with Gasteiger partial charge in [-0.05, 0) is 24.6 Å². The van der Waals surface area contributed by atoms with E-state index in [2.05, 4.69) is 29.1 Å². The Morgan fingerprint density at radius 3 is 3.00 bits per heavy atom. The van der Waals surface area contributed by atoms with Crippen molar-refractivity contribution in [3.05, 3.63) is 29.8 Å². The van der Waals surface area contributed by atoms with Crippen molar-refractivity contribution in [2.24, 2.45) is 16.8 Å². The number of hydrogen-bond acceptors (Lipinski definition) is 4. The van der Waals surface area contributed by atoms with Crippen molar-refractivity contribution in [1.82, 2.24) is 4.90 Å². The molecule has 0 amide bonds. The zero-order valence-corrected chi connectivity index (χ0v) is 12.8. The van der Waals surface area contributed by atoms with Crippen molar-refractivity contribution in [1.29, 1.82) is 0 Å². The lowest BCUT2D eigenvalue weighted by Gasteiger charge is -2.32. The van der Waals surface area contributed by atoms with E-state index >= 15 is 0 Å². The number of likely N-dealkylation sites (N-methyl/N-ethyl adjacent to an activating group) is 1. The maximum atomic E-state index is 8.77. The summed E-state index contributed by atoms with van der Waals surface area (Å²) < 4.78 is 5.71. The van der Waals surface area contributed by atoms with Crippen molar-refractivity contribution in [3.8, 4) is 5.75 Å². The standard InChI is InChI=1S/C16H25N3O2/c1-3-19(10-12(2)16(17)18-20)11-13-8-9-21-15-7-5-4-6-14(13)15/h4-7,12-13,20H,3,8-11H2,1-2H3,(H2,17,18). The Morgan fingerprint density at radius 1 is 1.52 bits per heavy atom. The molecule has 0 radical (unpaired) electrons. The highest BCUT2D eigenvalue weighted by molar-refractivity contribution is 5.82. The van der Waals surface area contributed by atoms with E-state index in [1.54, 1.807) is 0 Å². The first-order valence-corrected chi connectivity index (χ1v) is 7.57. The number of rotatable bonds is 6. The molecule has 116 valence electrons. The molecule has 2 atom stereocenters. The molecule has 1 aliphatic heterocycles. The molecule has 1 aliphatic rings.